The van der Waals surface area contributed by atoms with Crippen LogP contribution < -0.4 is 4.74 Å². The fourth-order valence-electron chi connectivity index (χ4n) is 0.716. The van der Waals surface area contributed by atoms with Crippen molar-refractivity contribution in [1.29, 1.82) is 0 Å². The zero-order valence-corrected chi connectivity index (χ0v) is 8.59. The maximum absolute atomic E-state index is 5.42. The van der Waals surface area contributed by atoms with Crippen molar-refractivity contribution in [2.75, 3.05) is 6.61 Å². The number of para-hydroxylation sites is 1. The van der Waals surface area contributed by atoms with Gasteiger partial charge in [0.1, 0.15) is 5.75 Å². The number of benzene rings is 1. The van der Waals surface area contributed by atoms with E-state index in [9.17, 15) is 0 Å². The zero-order valence-electron chi connectivity index (χ0n) is 6.43. The molecule has 0 fully saturated rings. The van der Waals surface area contributed by atoms with E-state index in [1.54, 1.807) is 0 Å². The predicted molar refractivity (Wildman–Crippen MR) is 53.8 cm³/mol. The summed E-state index contributed by atoms with van der Waals surface area (Å²) in [5, 5.41) is 0. The number of hydrogen-bond donors (Lipinski definition) is 0. The van der Waals surface area contributed by atoms with Crippen molar-refractivity contribution in [2.24, 2.45) is 0 Å². The first kappa shape index (κ1) is 8.84. The van der Waals surface area contributed by atoms with Gasteiger partial charge in [-0.25, -0.2) is 0 Å². The van der Waals surface area contributed by atoms with Crippen LogP contribution in [0.2, 0.25) is 0 Å². The van der Waals surface area contributed by atoms with E-state index < -0.39 is 0 Å². The van der Waals surface area contributed by atoms with Crippen molar-refractivity contribution in [2.45, 2.75) is 13.3 Å². The summed E-state index contributed by atoms with van der Waals surface area (Å²) in [7, 11) is 0. The number of halogens is 1. The van der Waals surface area contributed by atoms with Crippen LogP contribution in [-0.4, -0.2) is 6.61 Å². The predicted octanol–water partition coefficient (Wildman–Crippen LogP) is 2.88. The maximum atomic E-state index is 5.42. The summed E-state index contributed by atoms with van der Waals surface area (Å²) < 4.78 is 6.55. The van der Waals surface area contributed by atoms with Gasteiger partial charge in [0.25, 0.3) is 0 Å². The molecular formula is C9H10IO. The third kappa shape index (κ3) is 2.69. The fraction of sp³-hybridized carbons (Fsp3) is 0.333. The highest BCUT2D eigenvalue weighted by molar-refractivity contribution is 14.1. The molecule has 0 aliphatic heterocycles. The van der Waals surface area contributed by atoms with E-state index in [1.807, 2.05) is 18.2 Å². The molecule has 0 bridgehead atoms. The summed E-state index contributed by atoms with van der Waals surface area (Å²) in [5.41, 5.74) is 0. The van der Waals surface area contributed by atoms with Crippen LogP contribution in [0.25, 0.3) is 0 Å². The largest absolute Gasteiger partial charge is 0.492 e. The fourth-order valence-corrected chi connectivity index (χ4v) is 1.23. The minimum Gasteiger partial charge on any atom is -0.492 e. The Labute approximate surface area is 80.9 Å². The van der Waals surface area contributed by atoms with Crippen molar-refractivity contribution >= 4 is 22.6 Å². The van der Waals surface area contributed by atoms with E-state index in [-0.39, 0.29) is 0 Å². The summed E-state index contributed by atoms with van der Waals surface area (Å²) in [6.07, 6.45) is 1.04. The van der Waals surface area contributed by atoms with E-state index in [1.165, 1.54) is 0 Å². The molecule has 1 nitrogen and oxygen atoms in total. The van der Waals surface area contributed by atoms with E-state index in [0.717, 1.165) is 22.3 Å². The van der Waals surface area contributed by atoms with Crippen LogP contribution in [0.15, 0.2) is 18.2 Å². The highest BCUT2D eigenvalue weighted by atomic mass is 127. The standard InChI is InChI=1S/C9H10IO/c1-2-7-11-9-6-4-3-5-8(9)10/h3-5H,2,7H2,1H3. The lowest BCUT2D eigenvalue weighted by Gasteiger charge is -2.04. The summed E-state index contributed by atoms with van der Waals surface area (Å²) >= 11 is 2.24. The molecule has 0 aliphatic carbocycles. The average molecular weight is 261 g/mol. The van der Waals surface area contributed by atoms with Crippen molar-refractivity contribution in [3.05, 3.63) is 27.8 Å². The van der Waals surface area contributed by atoms with Crippen molar-refractivity contribution in [3.8, 4) is 5.75 Å². The highest BCUT2D eigenvalue weighted by Crippen LogP contribution is 2.18. The summed E-state index contributed by atoms with van der Waals surface area (Å²) in [6, 6.07) is 8.88. The van der Waals surface area contributed by atoms with Crippen LogP contribution in [-0.2, 0) is 0 Å². The normalized spacial score (nSPS) is 9.64. The summed E-state index contributed by atoms with van der Waals surface area (Å²) in [5.74, 6) is 0.870. The molecule has 59 valence electrons. The highest BCUT2D eigenvalue weighted by Gasteiger charge is 1.96. The van der Waals surface area contributed by atoms with E-state index in [4.69, 9.17) is 4.74 Å². The molecule has 0 saturated heterocycles. The molecule has 0 amide bonds. The van der Waals surface area contributed by atoms with Gasteiger partial charge in [0.2, 0.25) is 0 Å². The zero-order chi connectivity index (χ0) is 8.10. The van der Waals surface area contributed by atoms with Crippen LogP contribution in [0.1, 0.15) is 13.3 Å². The molecule has 0 saturated carbocycles. The first-order valence-corrected chi connectivity index (χ1v) is 4.71. The summed E-state index contributed by atoms with van der Waals surface area (Å²) in [4.78, 5) is 0. The summed E-state index contributed by atoms with van der Waals surface area (Å²) in [6.45, 7) is 2.87. The molecular weight excluding hydrogens is 251 g/mol. The molecule has 11 heavy (non-hydrogen) atoms. The van der Waals surface area contributed by atoms with Crippen LogP contribution in [0.3, 0.4) is 0 Å². The van der Waals surface area contributed by atoms with Crippen LogP contribution >= 0.6 is 22.6 Å². The Morgan fingerprint density at radius 2 is 2.45 bits per heavy atom. The Bertz CT molecular complexity index is 223. The third-order valence-corrected chi connectivity index (χ3v) is 2.07. The van der Waals surface area contributed by atoms with Gasteiger partial charge in [-0.15, -0.1) is 0 Å². The molecule has 2 heteroatoms. The molecule has 1 radical (unpaired) electrons. The van der Waals surface area contributed by atoms with Gasteiger partial charge in [0, 0.05) is 6.07 Å². The van der Waals surface area contributed by atoms with Gasteiger partial charge in [-0.2, -0.15) is 0 Å². The van der Waals surface area contributed by atoms with Crippen LogP contribution in [0.5, 0.6) is 5.75 Å². The molecule has 0 aromatic heterocycles. The minimum atomic E-state index is 0.774. The Hall–Kier alpha value is -0.250. The Kier molecular flexibility index (Phi) is 3.69. The Morgan fingerprint density at radius 3 is 3.09 bits per heavy atom. The van der Waals surface area contributed by atoms with Gasteiger partial charge in [-0.3, -0.25) is 0 Å². The van der Waals surface area contributed by atoms with Crippen molar-refractivity contribution < 1.29 is 4.74 Å². The van der Waals surface area contributed by atoms with Gasteiger partial charge < -0.3 is 4.74 Å². The van der Waals surface area contributed by atoms with Gasteiger partial charge >= 0.3 is 0 Å². The first-order valence-electron chi connectivity index (χ1n) is 3.63. The van der Waals surface area contributed by atoms with Gasteiger partial charge in [-0.05, 0) is 35.1 Å². The van der Waals surface area contributed by atoms with Gasteiger partial charge in [-0.1, -0.05) is 19.1 Å². The number of hydrogen-bond acceptors (Lipinski definition) is 1. The molecule has 0 unspecified atom stereocenters. The molecule has 0 spiro atoms. The quantitative estimate of drug-likeness (QED) is 0.760. The number of ether oxygens (including phenoxy) is 1. The van der Waals surface area contributed by atoms with Gasteiger partial charge in [0.15, 0.2) is 0 Å². The molecule has 1 aromatic carbocycles. The monoisotopic (exact) mass is 261 g/mol. The van der Waals surface area contributed by atoms with E-state index >= 15 is 0 Å². The minimum absolute atomic E-state index is 0.774. The third-order valence-electron chi connectivity index (χ3n) is 1.22. The second kappa shape index (κ2) is 4.59. The van der Waals surface area contributed by atoms with Crippen LogP contribution in [0, 0.1) is 9.64 Å². The smallest absolute Gasteiger partial charge is 0.140 e. The second-order valence-electron chi connectivity index (χ2n) is 2.20. The first-order chi connectivity index (χ1) is 5.34. The van der Waals surface area contributed by atoms with E-state index in [2.05, 4.69) is 35.6 Å². The molecule has 0 atom stereocenters. The molecule has 1 aromatic rings. The lowest BCUT2D eigenvalue weighted by Crippen LogP contribution is -1.96. The molecule has 0 heterocycles. The molecule has 0 N–H and O–H groups in total. The lowest BCUT2D eigenvalue weighted by molar-refractivity contribution is 0.314. The SMILES string of the molecule is CCCOc1[c]cccc1I. The topological polar surface area (TPSA) is 9.23 Å². The van der Waals surface area contributed by atoms with Crippen LogP contribution in [0.4, 0.5) is 0 Å². The maximum Gasteiger partial charge on any atom is 0.140 e. The molecule has 0 aliphatic rings. The molecule has 1 rings (SSSR count). The lowest BCUT2D eigenvalue weighted by atomic mass is 10.3. The Morgan fingerprint density at radius 1 is 1.64 bits per heavy atom. The Balaban J connectivity index is 2.62. The second-order valence-corrected chi connectivity index (χ2v) is 3.36. The number of rotatable bonds is 3. The average Bonchev–Trinajstić information content (AvgIpc) is 2.03. The van der Waals surface area contributed by atoms with Gasteiger partial charge in [0.05, 0.1) is 10.2 Å². The van der Waals surface area contributed by atoms with E-state index in [0.29, 0.717) is 0 Å². The van der Waals surface area contributed by atoms with Crippen molar-refractivity contribution in [3.63, 3.8) is 0 Å². The van der Waals surface area contributed by atoms with Crippen molar-refractivity contribution in [1.82, 2.24) is 0 Å².